The van der Waals surface area contributed by atoms with Gasteiger partial charge in [-0.25, -0.2) is 9.13 Å². The molecular weight excluding hydrogens is 1380 g/mol. The summed E-state index contributed by atoms with van der Waals surface area (Å²) in [5.41, 5.74) is 0. The van der Waals surface area contributed by atoms with Gasteiger partial charge in [-0.15, -0.1) is 0 Å². The molecule has 0 radical (unpaired) electrons. The van der Waals surface area contributed by atoms with Crippen LogP contribution in [-0.4, -0.2) is 96.7 Å². The lowest BCUT2D eigenvalue weighted by molar-refractivity contribution is -0.161. The van der Waals surface area contributed by atoms with Crippen molar-refractivity contribution in [3.63, 3.8) is 0 Å². The fourth-order valence-electron chi connectivity index (χ4n) is 11.3. The van der Waals surface area contributed by atoms with Crippen molar-refractivity contribution in [1.29, 1.82) is 0 Å². The van der Waals surface area contributed by atoms with Crippen LogP contribution in [0.1, 0.15) is 362 Å². The summed E-state index contributed by atoms with van der Waals surface area (Å²) in [6, 6.07) is 0. The molecule has 0 aromatic carbocycles. The summed E-state index contributed by atoms with van der Waals surface area (Å²) in [5, 5.41) is 10.7. The summed E-state index contributed by atoms with van der Waals surface area (Å²) in [7, 11) is -9.97. The number of hydrogen-bond acceptors (Lipinski definition) is 15. The van der Waals surface area contributed by atoms with Crippen LogP contribution in [0.25, 0.3) is 0 Å². The monoisotopic (exact) mass is 1530 g/mol. The van der Waals surface area contributed by atoms with E-state index in [1.54, 1.807) is 0 Å². The molecule has 0 aromatic rings. The van der Waals surface area contributed by atoms with E-state index in [1.807, 2.05) is 0 Å². The summed E-state index contributed by atoms with van der Waals surface area (Å²) >= 11 is 0. The summed E-state index contributed by atoms with van der Waals surface area (Å²) in [4.78, 5) is 73.2. The molecule has 0 bridgehead atoms. The van der Waals surface area contributed by atoms with E-state index >= 15 is 0 Å². The zero-order valence-electron chi connectivity index (χ0n) is 67.1. The van der Waals surface area contributed by atoms with Crippen LogP contribution in [0.3, 0.4) is 0 Å². The Kier molecular flexibility index (Phi) is 75.6. The van der Waals surface area contributed by atoms with Crippen LogP contribution >= 0.6 is 15.6 Å². The molecule has 0 aliphatic heterocycles. The standard InChI is InChI=1S/C87H152O17P2/c1-5-9-13-17-21-25-29-33-36-38-40-42-45-48-51-55-59-63-67-71-84(89)97-77-82(103-86(91)73-69-65-61-57-53-47-32-28-24-20-16-12-8-4)79-101-105(93,94)99-75-81(88)76-100-106(95,96)102-80-83(104-87(92)74-70-66-62-58-54-50-44-35-31-27-23-19-15-11-7-3)78-98-85(90)72-68-64-60-56-52-49-46-43-41-39-37-34-30-26-22-18-14-10-6-2/h9,13,21-22,25-26,33-37,40-44,48,51,81-83,88H,5-8,10-12,14-20,23-24,27-32,38-39,45-47,49-50,52-80H2,1-4H3,(H,93,94)(H,95,96)/b13-9-,25-21-,26-22-,36-33-,37-34-,42-40-,43-41-,44-35-,51-48-. The molecule has 17 nitrogen and oxygen atoms in total. The summed E-state index contributed by atoms with van der Waals surface area (Å²) in [5.74, 6) is -2.21. The predicted octanol–water partition coefficient (Wildman–Crippen LogP) is 24.9. The third-order valence-electron chi connectivity index (χ3n) is 17.7. The van der Waals surface area contributed by atoms with Gasteiger partial charge in [-0.05, 0) is 135 Å². The number of rotatable bonds is 79. The van der Waals surface area contributed by atoms with Crippen molar-refractivity contribution < 1.29 is 80.2 Å². The Morgan fingerprint density at radius 1 is 0.274 bits per heavy atom. The summed E-state index contributed by atoms with van der Waals surface area (Å²) in [6.45, 7) is 4.72. The maximum atomic E-state index is 13.1. The first kappa shape index (κ1) is 102. The van der Waals surface area contributed by atoms with Gasteiger partial charge in [0.25, 0.3) is 0 Å². The average molecular weight is 1530 g/mol. The highest BCUT2D eigenvalue weighted by Gasteiger charge is 2.30. The second kappa shape index (κ2) is 78.8. The van der Waals surface area contributed by atoms with Crippen molar-refractivity contribution in [3.05, 3.63) is 109 Å². The van der Waals surface area contributed by atoms with Crippen LogP contribution < -0.4 is 0 Å². The van der Waals surface area contributed by atoms with E-state index in [2.05, 4.69) is 137 Å². The zero-order valence-corrected chi connectivity index (χ0v) is 68.9. The molecule has 5 unspecified atom stereocenters. The topological polar surface area (TPSA) is 237 Å². The first-order valence-corrected chi connectivity index (χ1v) is 45.1. The number of ether oxygens (including phenoxy) is 4. The van der Waals surface area contributed by atoms with Crippen LogP contribution in [-0.2, 0) is 65.4 Å². The van der Waals surface area contributed by atoms with Gasteiger partial charge < -0.3 is 33.8 Å². The molecule has 0 heterocycles. The first-order valence-electron chi connectivity index (χ1n) is 42.1. The molecule has 0 aromatic heterocycles. The van der Waals surface area contributed by atoms with E-state index < -0.39 is 97.5 Å². The highest BCUT2D eigenvalue weighted by molar-refractivity contribution is 7.47. The fourth-order valence-corrected chi connectivity index (χ4v) is 12.9. The van der Waals surface area contributed by atoms with Crippen molar-refractivity contribution in [1.82, 2.24) is 0 Å². The number of esters is 4. The molecule has 0 aliphatic carbocycles. The van der Waals surface area contributed by atoms with Gasteiger partial charge in [0.05, 0.1) is 26.4 Å². The van der Waals surface area contributed by atoms with Gasteiger partial charge in [-0.3, -0.25) is 37.3 Å². The van der Waals surface area contributed by atoms with E-state index in [9.17, 15) is 43.2 Å². The third kappa shape index (κ3) is 77.9. The molecule has 0 rings (SSSR count). The van der Waals surface area contributed by atoms with E-state index in [0.29, 0.717) is 25.7 Å². The predicted molar refractivity (Wildman–Crippen MR) is 436 cm³/mol. The Morgan fingerprint density at radius 2 is 0.491 bits per heavy atom. The molecule has 0 saturated heterocycles. The van der Waals surface area contributed by atoms with Gasteiger partial charge in [-0.2, -0.15) is 0 Å². The molecule has 19 heteroatoms. The minimum absolute atomic E-state index is 0.0820. The van der Waals surface area contributed by atoms with Gasteiger partial charge in [0.15, 0.2) is 12.2 Å². The van der Waals surface area contributed by atoms with E-state index in [4.69, 9.17) is 37.0 Å². The SMILES string of the molecule is CC/C=C\C/C=C\C/C=C\C/C=C\C/C=C\CCCCCC(=O)OCC(COP(=O)(O)OCC(O)COP(=O)(O)OCC(COC(=O)CCCCCCCC/C=C\C/C=C\C/C=C\CCCCC)OC(=O)CCCCCCC/C=C\CCCCCCCC)OC(=O)CCCCCCCCCCCCCCC. The van der Waals surface area contributed by atoms with Crippen molar-refractivity contribution in [2.24, 2.45) is 0 Å². The number of carbonyl (C=O) groups is 4. The van der Waals surface area contributed by atoms with Crippen molar-refractivity contribution in [2.45, 2.75) is 380 Å². The molecule has 3 N–H and O–H groups in total. The van der Waals surface area contributed by atoms with Crippen LogP contribution in [0.2, 0.25) is 0 Å². The second-order valence-corrected chi connectivity index (χ2v) is 30.9. The number of allylic oxidation sites excluding steroid dienone is 18. The number of unbranched alkanes of at least 4 members (excludes halogenated alkanes) is 35. The molecule has 0 fully saturated rings. The van der Waals surface area contributed by atoms with Gasteiger partial charge in [0.1, 0.15) is 19.3 Å². The highest BCUT2D eigenvalue weighted by atomic mass is 31.2. The van der Waals surface area contributed by atoms with E-state index in [-0.39, 0.29) is 25.7 Å². The van der Waals surface area contributed by atoms with Crippen molar-refractivity contribution >= 4 is 39.5 Å². The van der Waals surface area contributed by atoms with Crippen LogP contribution in [0, 0.1) is 0 Å². The van der Waals surface area contributed by atoms with E-state index in [0.717, 1.165) is 173 Å². The summed E-state index contributed by atoms with van der Waals surface area (Å²) in [6.07, 6.45) is 86.2. The lowest BCUT2D eigenvalue weighted by Gasteiger charge is -2.21. The quantitative estimate of drug-likeness (QED) is 0.0169. The molecule has 0 spiro atoms. The summed E-state index contributed by atoms with van der Waals surface area (Å²) < 4.78 is 68.7. The Morgan fingerprint density at radius 3 is 0.792 bits per heavy atom. The lowest BCUT2D eigenvalue weighted by atomic mass is 10.0. The van der Waals surface area contributed by atoms with E-state index in [1.165, 1.54) is 109 Å². The zero-order chi connectivity index (χ0) is 77.4. The second-order valence-electron chi connectivity index (χ2n) is 28.0. The fraction of sp³-hybridized carbons (Fsp3) is 0.747. The van der Waals surface area contributed by atoms with Gasteiger partial charge in [0.2, 0.25) is 0 Å². The van der Waals surface area contributed by atoms with Crippen LogP contribution in [0.5, 0.6) is 0 Å². The Hall–Kier alpha value is -4.28. The van der Waals surface area contributed by atoms with Crippen molar-refractivity contribution in [3.8, 4) is 0 Å². The lowest BCUT2D eigenvalue weighted by Crippen LogP contribution is -2.30. The average Bonchev–Trinajstić information content (AvgIpc) is 0.901. The number of carbonyl (C=O) groups excluding carboxylic acids is 4. The molecule has 0 amide bonds. The van der Waals surface area contributed by atoms with Crippen LogP contribution in [0.4, 0.5) is 0 Å². The largest absolute Gasteiger partial charge is 0.472 e. The molecule has 612 valence electrons. The number of phosphoric acid groups is 2. The maximum absolute atomic E-state index is 13.1. The maximum Gasteiger partial charge on any atom is 0.472 e. The highest BCUT2D eigenvalue weighted by Crippen LogP contribution is 2.45. The Bertz CT molecular complexity index is 2430. The minimum Gasteiger partial charge on any atom is -0.462 e. The first-order chi connectivity index (χ1) is 51.7. The van der Waals surface area contributed by atoms with Gasteiger partial charge in [0, 0.05) is 25.7 Å². The normalized spacial score (nSPS) is 14.4. The van der Waals surface area contributed by atoms with Crippen molar-refractivity contribution in [2.75, 3.05) is 39.6 Å². The Balaban J connectivity index is 5.37. The molecule has 0 saturated carbocycles. The third-order valence-corrected chi connectivity index (χ3v) is 19.6. The number of aliphatic hydroxyl groups excluding tert-OH is 1. The molecular formula is C87H152O17P2. The molecule has 106 heavy (non-hydrogen) atoms. The number of aliphatic hydroxyl groups is 1. The number of hydrogen-bond donors (Lipinski definition) is 3. The van der Waals surface area contributed by atoms with Gasteiger partial charge >= 0.3 is 39.5 Å². The molecule has 0 aliphatic rings. The smallest absolute Gasteiger partial charge is 0.462 e. The minimum atomic E-state index is -4.99. The van der Waals surface area contributed by atoms with Crippen LogP contribution in [0.15, 0.2) is 109 Å². The Labute approximate surface area is 645 Å². The van der Waals surface area contributed by atoms with Gasteiger partial charge in [-0.1, -0.05) is 310 Å². The number of phosphoric ester groups is 2. The molecule has 5 atom stereocenters.